The zero-order chi connectivity index (χ0) is 14.5. The Labute approximate surface area is 118 Å². The molecular weight excluding hydrogens is 282 g/mol. The lowest BCUT2D eigenvalue weighted by atomic mass is 10.2. The number of amides is 2. The van der Waals surface area contributed by atoms with E-state index < -0.39 is 18.0 Å². The Bertz CT molecular complexity index is 595. The fourth-order valence-corrected chi connectivity index (χ4v) is 2.20. The number of aromatic amines is 1. The third-order valence-electron chi connectivity index (χ3n) is 2.42. The van der Waals surface area contributed by atoms with Crippen LogP contribution < -0.4 is 10.6 Å². The minimum absolute atomic E-state index is 0.125. The van der Waals surface area contributed by atoms with Crippen LogP contribution in [0.4, 0.5) is 9.93 Å². The quantitative estimate of drug-likeness (QED) is 0.655. The SMILES string of the molecule is Cc1csc(NC(=O)NC(Cc2cnc[nH]2)C(=O)O)n1. The lowest BCUT2D eigenvalue weighted by Crippen LogP contribution is -2.44. The van der Waals surface area contributed by atoms with Crippen LogP contribution in [-0.2, 0) is 11.2 Å². The summed E-state index contributed by atoms with van der Waals surface area (Å²) in [5.41, 5.74) is 1.42. The molecular formula is C11H13N5O3S. The fraction of sp³-hybridized carbons (Fsp3) is 0.273. The predicted molar refractivity (Wildman–Crippen MR) is 72.7 cm³/mol. The summed E-state index contributed by atoms with van der Waals surface area (Å²) in [5.74, 6) is -1.12. The highest BCUT2D eigenvalue weighted by Gasteiger charge is 2.21. The van der Waals surface area contributed by atoms with Crippen molar-refractivity contribution >= 4 is 28.5 Å². The Kier molecular flexibility index (Phi) is 4.31. The number of thiazole rings is 1. The average Bonchev–Trinajstić information content (AvgIpc) is 3.00. The number of carbonyl (C=O) groups excluding carboxylic acids is 1. The molecule has 20 heavy (non-hydrogen) atoms. The molecule has 0 aliphatic carbocycles. The Morgan fingerprint density at radius 1 is 1.55 bits per heavy atom. The molecule has 1 unspecified atom stereocenters. The van der Waals surface area contributed by atoms with Crippen molar-refractivity contribution < 1.29 is 14.7 Å². The normalized spacial score (nSPS) is 11.8. The Morgan fingerprint density at radius 3 is 2.90 bits per heavy atom. The van der Waals surface area contributed by atoms with Crippen molar-refractivity contribution in [3.8, 4) is 0 Å². The third-order valence-corrected chi connectivity index (χ3v) is 3.30. The second kappa shape index (κ2) is 6.15. The van der Waals surface area contributed by atoms with Gasteiger partial charge in [-0.3, -0.25) is 5.32 Å². The zero-order valence-corrected chi connectivity index (χ0v) is 11.4. The van der Waals surface area contributed by atoms with E-state index >= 15 is 0 Å². The molecule has 2 rings (SSSR count). The van der Waals surface area contributed by atoms with Crippen LogP contribution >= 0.6 is 11.3 Å². The van der Waals surface area contributed by atoms with Crippen LogP contribution in [0.15, 0.2) is 17.9 Å². The van der Waals surface area contributed by atoms with E-state index in [2.05, 4.69) is 25.6 Å². The summed E-state index contributed by atoms with van der Waals surface area (Å²) in [6.07, 6.45) is 3.09. The highest BCUT2D eigenvalue weighted by atomic mass is 32.1. The van der Waals surface area contributed by atoms with E-state index in [1.807, 2.05) is 0 Å². The number of hydrogen-bond donors (Lipinski definition) is 4. The summed E-state index contributed by atoms with van der Waals surface area (Å²) in [7, 11) is 0. The van der Waals surface area contributed by atoms with Gasteiger partial charge in [-0.15, -0.1) is 11.3 Å². The molecule has 0 aromatic carbocycles. The molecule has 1 atom stereocenters. The molecule has 8 nitrogen and oxygen atoms in total. The number of aromatic nitrogens is 3. The van der Waals surface area contributed by atoms with Crippen LogP contribution in [0.5, 0.6) is 0 Å². The number of nitrogens with one attached hydrogen (secondary N) is 3. The summed E-state index contributed by atoms with van der Waals surface area (Å²) in [6, 6.07) is -1.65. The zero-order valence-electron chi connectivity index (χ0n) is 10.6. The van der Waals surface area contributed by atoms with Crippen LogP contribution in [0.2, 0.25) is 0 Å². The Hall–Kier alpha value is -2.42. The summed E-state index contributed by atoms with van der Waals surface area (Å²) < 4.78 is 0. The van der Waals surface area contributed by atoms with E-state index in [1.165, 1.54) is 23.9 Å². The number of nitrogens with zero attached hydrogens (tertiary/aromatic N) is 2. The number of imidazole rings is 1. The van der Waals surface area contributed by atoms with Gasteiger partial charge >= 0.3 is 12.0 Å². The number of carbonyl (C=O) groups is 2. The Balaban J connectivity index is 1.94. The summed E-state index contributed by atoms with van der Waals surface area (Å²) in [4.78, 5) is 33.5. The first-order valence-corrected chi connectivity index (χ1v) is 6.62. The van der Waals surface area contributed by atoms with E-state index in [1.54, 1.807) is 12.3 Å². The largest absolute Gasteiger partial charge is 0.480 e. The first-order valence-electron chi connectivity index (χ1n) is 5.74. The van der Waals surface area contributed by atoms with Gasteiger partial charge in [-0.05, 0) is 6.92 Å². The van der Waals surface area contributed by atoms with Crippen molar-refractivity contribution in [2.45, 2.75) is 19.4 Å². The number of aryl methyl sites for hydroxylation is 1. The van der Waals surface area contributed by atoms with Crippen LogP contribution in [0.3, 0.4) is 0 Å². The van der Waals surface area contributed by atoms with Crippen molar-refractivity contribution in [1.82, 2.24) is 20.3 Å². The van der Waals surface area contributed by atoms with Gasteiger partial charge < -0.3 is 15.4 Å². The molecule has 9 heteroatoms. The van der Waals surface area contributed by atoms with Crippen molar-refractivity contribution in [1.29, 1.82) is 0 Å². The topological polar surface area (TPSA) is 120 Å². The summed E-state index contributed by atoms with van der Waals surface area (Å²) in [5, 5.41) is 16.2. The van der Waals surface area contributed by atoms with Gasteiger partial charge in [0.2, 0.25) is 0 Å². The number of urea groups is 1. The fourth-order valence-electron chi connectivity index (χ4n) is 1.52. The van der Waals surface area contributed by atoms with Gasteiger partial charge in [0, 0.05) is 23.7 Å². The molecule has 0 aliphatic rings. The number of carboxylic acid groups (broad SMARTS) is 1. The molecule has 106 valence electrons. The molecule has 4 N–H and O–H groups in total. The van der Waals surface area contributed by atoms with E-state index in [-0.39, 0.29) is 6.42 Å². The first-order chi connectivity index (χ1) is 9.54. The van der Waals surface area contributed by atoms with Crippen LogP contribution in [0.25, 0.3) is 0 Å². The molecule has 0 saturated heterocycles. The third kappa shape index (κ3) is 3.79. The maximum Gasteiger partial charge on any atom is 0.326 e. The number of H-pyrrole nitrogens is 1. The highest BCUT2D eigenvalue weighted by Crippen LogP contribution is 2.14. The lowest BCUT2D eigenvalue weighted by molar-refractivity contribution is -0.139. The monoisotopic (exact) mass is 295 g/mol. The first kappa shape index (κ1) is 14.0. The molecule has 2 amide bonds. The number of carboxylic acids is 1. The second-order valence-corrected chi connectivity index (χ2v) is 4.92. The van der Waals surface area contributed by atoms with Crippen molar-refractivity contribution in [3.63, 3.8) is 0 Å². The van der Waals surface area contributed by atoms with Crippen LogP contribution in [-0.4, -0.2) is 38.1 Å². The molecule has 0 fully saturated rings. The molecule has 2 aromatic rings. The maximum atomic E-state index is 11.7. The summed E-state index contributed by atoms with van der Waals surface area (Å²) >= 11 is 1.27. The van der Waals surface area contributed by atoms with Gasteiger partial charge in [0.05, 0.1) is 12.0 Å². The maximum absolute atomic E-state index is 11.7. The number of rotatable bonds is 5. The number of anilines is 1. The second-order valence-electron chi connectivity index (χ2n) is 4.06. The number of hydrogen-bond acceptors (Lipinski definition) is 5. The minimum Gasteiger partial charge on any atom is -0.480 e. The molecule has 0 spiro atoms. The van der Waals surface area contributed by atoms with Crippen molar-refractivity contribution in [2.75, 3.05) is 5.32 Å². The highest BCUT2D eigenvalue weighted by molar-refractivity contribution is 7.13. The molecule has 2 aromatic heterocycles. The lowest BCUT2D eigenvalue weighted by Gasteiger charge is -2.13. The molecule has 0 saturated carbocycles. The molecule has 0 bridgehead atoms. The van der Waals surface area contributed by atoms with Gasteiger partial charge in [-0.2, -0.15) is 0 Å². The van der Waals surface area contributed by atoms with E-state index in [0.717, 1.165) is 5.69 Å². The van der Waals surface area contributed by atoms with Gasteiger partial charge in [0.25, 0.3) is 0 Å². The van der Waals surface area contributed by atoms with Crippen LogP contribution in [0, 0.1) is 6.92 Å². The van der Waals surface area contributed by atoms with Gasteiger partial charge in [-0.25, -0.2) is 19.6 Å². The van der Waals surface area contributed by atoms with E-state index in [4.69, 9.17) is 5.11 Å². The minimum atomic E-state index is -1.12. The summed E-state index contributed by atoms with van der Waals surface area (Å²) in [6.45, 7) is 1.80. The van der Waals surface area contributed by atoms with E-state index in [0.29, 0.717) is 10.8 Å². The van der Waals surface area contributed by atoms with Crippen molar-refractivity contribution in [3.05, 3.63) is 29.3 Å². The van der Waals surface area contributed by atoms with Gasteiger partial charge in [0.15, 0.2) is 5.13 Å². The number of aliphatic carboxylic acids is 1. The predicted octanol–water partition coefficient (Wildman–Crippen LogP) is 0.992. The van der Waals surface area contributed by atoms with E-state index in [9.17, 15) is 9.59 Å². The van der Waals surface area contributed by atoms with Gasteiger partial charge in [0.1, 0.15) is 6.04 Å². The van der Waals surface area contributed by atoms with Crippen LogP contribution in [0.1, 0.15) is 11.4 Å². The smallest absolute Gasteiger partial charge is 0.326 e. The standard InChI is InChI=1S/C11H13N5O3S/c1-6-4-20-11(14-6)16-10(19)15-8(9(17)18)2-7-3-12-5-13-7/h3-5,8H,2H2,1H3,(H,12,13)(H,17,18)(H2,14,15,16,19). The molecule has 0 radical (unpaired) electrons. The Morgan fingerprint density at radius 2 is 2.35 bits per heavy atom. The average molecular weight is 295 g/mol. The molecule has 0 aliphatic heterocycles. The van der Waals surface area contributed by atoms with Gasteiger partial charge in [-0.1, -0.05) is 0 Å². The molecule has 2 heterocycles. The van der Waals surface area contributed by atoms with Crippen molar-refractivity contribution in [2.24, 2.45) is 0 Å².